The van der Waals surface area contributed by atoms with Crippen LogP contribution >= 0.6 is 27.3 Å². The Labute approximate surface area is 237 Å². The lowest BCUT2D eigenvalue weighted by Gasteiger charge is -2.25. The van der Waals surface area contributed by atoms with Gasteiger partial charge in [-0.25, -0.2) is 4.99 Å². The zero-order valence-electron chi connectivity index (χ0n) is 21.6. The molecule has 0 bridgehead atoms. The maximum Gasteiger partial charge on any atom is 0.271 e. The van der Waals surface area contributed by atoms with Crippen LogP contribution in [-0.2, 0) is 4.79 Å². The molecule has 9 heteroatoms. The van der Waals surface area contributed by atoms with Crippen LogP contribution in [0.1, 0.15) is 31.0 Å². The molecule has 1 N–H and O–H groups in total. The number of hydrogen-bond acceptors (Lipinski definition) is 6. The minimum absolute atomic E-state index is 0.232. The van der Waals surface area contributed by atoms with E-state index in [-0.39, 0.29) is 11.5 Å². The second-order valence-corrected chi connectivity index (χ2v) is 10.7. The Morgan fingerprint density at radius 2 is 1.82 bits per heavy atom. The number of methoxy groups -OCH3 is 1. The summed E-state index contributed by atoms with van der Waals surface area (Å²) < 4.78 is 13.9. The Balaban J connectivity index is 1.67. The molecule has 2 heterocycles. The fourth-order valence-corrected chi connectivity index (χ4v) is 5.86. The van der Waals surface area contributed by atoms with Gasteiger partial charge in [-0.3, -0.25) is 14.2 Å². The predicted octanol–water partition coefficient (Wildman–Crippen LogP) is 5.04. The maximum absolute atomic E-state index is 13.9. The summed E-state index contributed by atoms with van der Waals surface area (Å²) in [5.41, 5.74) is 2.97. The molecule has 4 aromatic rings. The first kappa shape index (κ1) is 26.6. The van der Waals surface area contributed by atoms with Gasteiger partial charge in [-0.15, -0.1) is 0 Å². The lowest BCUT2D eigenvalue weighted by atomic mass is 9.95. The van der Waals surface area contributed by atoms with E-state index in [1.807, 2.05) is 85.8 Å². The van der Waals surface area contributed by atoms with Gasteiger partial charge in [-0.1, -0.05) is 57.6 Å². The molecule has 0 fully saturated rings. The van der Waals surface area contributed by atoms with Crippen molar-refractivity contribution in [3.05, 3.63) is 119 Å². The first-order chi connectivity index (χ1) is 18.9. The van der Waals surface area contributed by atoms with Crippen LogP contribution in [-0.4, -0.2) is 24.2 Å². The number of carbonyl (C=O) groups is 1. The summed E-state index contributed by atoms with van der Waals surface area (Å²) in [6.07, 6.45) is 1.81. The van der Waals surface area contributed by atoms with E-state index in [1.54, 1.807) is 18.6 Å². The molecule has 1 aromatic heterocycles. The van der Waals surface area contributed by atoms with Gasteiger partial charge in [-0.05, 0) is 73.5 Å². The SMILES string of the molecule is CCOc1ccc([C@H]2C(C(=O)Nc3ccccc3)=C(C)N=c3s/c(=C\c4cc(OC)ccc4Br)c(=O)n32)cc1. The van der Waals surface area contributed by atoms with Crippen LogP contribution in [0.15, 0.2) is 98.3 Å². The van der Waals surface area contributed by atoms with Crippen LogP contribution < -0.4 is 29.7 Å². The highest BCUT2D eigenvalue weighted by Crippen LogP contribution is 2.32. The fourth-order valence-electron chi connectivity index (χ4n) is 4.46. The summed E-state index contributed by atoms with van der Waals surface area (Å²) in [6.45, 7) is 4.26. The molecule has 0 spiro atoms. The number of ether oxygens (including phenoxy) is 2. The monoisotopic (exact) mass is 603 g/mol. The van der Waals surface area contributed by atoms with Gasteiger partial charge >= 0.3 is 0 Å². The number of para-hydroxylation sites is 1. The Bertz CT molecular complexity index is 1740. The minimum Gasteiger partial charge on any atom is -0.497 e. The van der Waals surface area contributed by atoms with Crippen LogP contribution in [0.4, 0.5) is 5.69 Å². The third-order valence-electron chi connectivity index (χ3n) is 6.29. The van der Waals surface area contributed by atoms with Gasteiger partial charge in [0.25, 0.3) is 11.5 Å². The molecule has 0 radical (unpaired) electrons. The van der Waals surface area contributed by atoms with Gasteiger partial charge in [0.2, 0.25) is 0 Å². The molecule has 0 unspecified atom stereocenters. The van der Waals surface area contributed by atoms with Crippen molar-refractivity contribution in [1.29, 1.82) is 0 Å². The predicted molar refractivity (Wildman–Crippen MR) is 157 cm³/mol. The van der Waals surface area contributed by atoms with E-state index in [0.717, 1.165) is 15.6 Å². The average Bonchev–Trinajstić information content (AvgIpc) is 3.24. The van der Waals surface area contributed by atoms with E-state index in [4.69, 9.17) is 14.5 Å². The summed E-state index contributed by atoms with van der Waals surface area (Å²) >= 11 is 4.85. The zero-order chi connectivity index (χ0) is 27.5. The first-order valence-corrected chi connectivity index (χ1v) is 14.0. The number of benzene rings is 3. The molecule has 7 nitrogen and oxygen atoms in total. The van der Waals surface area contributed by atoms with E-state index >= 15 is 0 Å². The summed E-state index contributed by atoms with van der Waals surface area (Å²) in [4.78, 5) is 32.8. The van der Waals surface area contributed by atoms with Crippen molar-refractivity contribution in [2.75, 3.05) is 19.0 Å². The second kappa shape index (κ2) is 11.4. The van der Waals surface area contributed by atoms with Crippen molar-refractivity contribution < 1.29 is 14.3 Å². The molecule has 1 amide bonds. The topological polar surface area (TPSA) is 81.9 Å². The normalized spacial score (nSPS) is 15.0. The molecular formula is C30H26BrN3O4S. The van der Waals surface area contributed by atoms with Gasteiger partial charge < -0.3 is 14.8 Å². The van der Waals surface area contributed by atoms with Crippen LogP contribution in [0, 0.1) is 0 Å². The molecule has 39 heavy (non-hydrogen) atoms. The Morgan fingerprint density at radius 3 is 2.51 bits per heavy atom. The highest BCUT2D eigenvalue weighted by Gasteiger charge is 2.32. The van der Waals surface area contributed by atoms with Crippen LogP contribution in [0.2, 0.25) is 0 Å². The Kier molecular flexibility index (Phi) is 7.81. The van der Waals surface area contributed by atoms with Gasteiger partial charge in [-0.2, -0.15) is 0 Å². The fraction of sp³-hybridized carbons (Fsp3) is 0.167. The standard InChI is InChI=1S/C30H26BrN3O4S/c1-4-38-22-12-10-19(11-13-22)27-26(28(35)33-21-8-6-5-7-9-21)18(2)32-30-34(27)29(36)25(39-30)17-20-16-23(37-3)14-15-24(20)31/h5-17,27H,4H2,1-3H3,(H,33,35)/b25-17-/t27-/m0/s1. The van der Waals surface area contributed by atoms with Crippen LogP contribution in [0.3, 0.4) is 0 Å². The smallest absolute Gasteiger partial charge is 0.271 e. The number of aromatic nitrogens is 1. The second-order valence-electron chi connectivity index (χ2n) is 8.79. The summed E-state index contributed by atoms with van der Waals surface area (Å²) in [7, 11) is 1.60. The Hall–Kier alpha value is -3.95. The van der Waals surface area contributed by atoms with Gasteiger partial charge in [0.05, 0.1) is 35.6 Å². The van der Waals surface area contributed by atoms with Gasteiger partial charge in [0.1, 0.15) is 11.5 Å². The summed E-state index contributed by atoms with van der Waals surface area (Å²) in [5, 5.41) is 2.97. The van der Waals surface area contributed by atoms with Gasteiger partial charge in [0.15, 0.2) is 4.80 Å². The molecule has 0 aliphatic carbocycles. The van der Waals surface area contributed by atoms with Crippen molar-refractivity contribution in [1.82, 2.24) is 4.57 Å². The lowest BCUT2D eigenvalue weighted by molar-refractivity contribution is -0.113. The van der Waals surface area contributed by atoms with Crippen molar-refractivity contribution in [3.63, 3.8) is 0 Å². The van der Waals surface area contributed by atoms with Crippen molar-refractivity contribution >= 4 is 44.9 Å². The minimum atomic E-state index is -0.670. The molecule has 0 saturated heterocycles. The van der Waals surface area contributed by atoms with E-state index in [0.29, 0.717) is 44.4 Å². The quantitative estimate of drug-likeness (QED) is 0.321. The number of amides is 1. The average molecular weight is 605 g/mol. The molecule has 5 rings (SSSR count). The highest BCUT2D eigenvalue weighted by atomic mass is 79.9. The first-order valence-electron chi connectivity index (χ1n) is 12.3. The van der Waals surface area contributed by atoms with Crippen LogP contribution in [0.5, 0.6) is 11.5 Å². The Morgan fingerprint density at radius 1 is 1.10 bits per heavy atom. The van der Waals surface area contributed by atoms with E-state index < -0.39 is 6.04 Å². The number of nitrogens with zero attached hydrogens (tertiary/aromatic N) is 2. The van der Waals surface area contributed by atoms with Crippen LogP contribution in [0.25, 0.3) is 6.08 Å². The summed E-state index contributed by atoms with van der Waals surface area (Å²) in [6, 6.07) is 21.6. The molecule has 3 aromatic carbocycles. The summed E-state index contributed by atoms with van der Waals surface area (Å²) in [5.74, 6) is 1.08. The number of fused-ring (bicyclic) bond motifs is 1. The molecular weight excluding hydrogens is 578 g/mol. The zero-order valence-corrected chi connectivity index (χ0v) is 24.0. The maximum atomic E-state index is 13.9. The highest BCUT2D eigenvalue weighted by molar-refractivity contribution is 9.10. The largest absolute Gasteiger partial charge is 0.497 e. The van der Waals surface area contributed by atoms with Gasteiger partial charge in [0, 0.05) is 10.2 Å². The number of halogens is 1. The van der Waals surface area contributed by atoms with E-state index in [2.05, 4.69) is 21.2 Å². The number of allylic oxidation sites excluding steroid dienone is 1. The van der Waals surface area contributed by atoms with E-state index in [9.17, 15) is 9.59 Å². The molecule has 1 atom stereocenters. The van der Waals surface area contributed by atoms with E-state index in [1.165, 1.54) is 11.3 Å². The third-order valence-corrected chi connectivity index (χ3v) is 8.00. The van der Waals surface area contributed by atoms with Crippen molar-refractivity contribution in [3.8, 4) is 11.5 Å². The number of anilines is 1. The molecule has 0 saturated carbocycles. The number of rotatable bonds is 7. The molecule has 1 aliphatic rings. The molecule has 1 aliphatic heterocycles. The molecule has 198 valence electrons. The van der Waals surface area contributed by atoms with Crippen molar-refractivity contribution in [2.45, 2.75) is 19.9 Å². The van der Waals surface area contributed by atoms with Crippen molar-refractivity contribution in [2.24, 2.45) is 4.99 Å². The number of thiazole rings is 1. The lowest BCUT2D eigenvalue weighted by Crippen LogP contribution is -2.40. The third kappa shape index (κ3) is 5.46. The number of hydrogen-bond donors (Lipinski definition) is 1. The number of carbonyl (C=O) groups excluding carboxylic acids is 1. The number of nitrogens with one attached hydrogen (secondary N) is 1.